The smallest absolute Gasteiger partial charge is 0.251 e. The van der Waals surface area contributed by atoms with Gasteiger partial charge in [-0.1, -0.05) is 18.2 Å². The van der Waals surface area contributed by atoms with Gasteiger partial charge in [0.15, 0.2) is 0 Å². The summed E-state index contributed by atoms with van der Waals surface area (Å²) in [5.74, 6) is -0.106. The van der Waals surface area contributed by atoms with Crippen molar-refractivity contribution in [2.75, 3.05) is 31.6 Å². The second kappa shape index (κ2) is 7.59. The zero-order valence-corrected chi connectivity index (χ0v) is 14.0. The molecule has 2 rings (SSSR count). The molecule has 0 aromatic heterocycles. The first-order valence-electron chi connectivity index (χ1n) is 7.64. The average Bonchev–Trinajstić information content (AvgIpc) is 2.52. The van der Waals surface area contributed by atoms with E-state index in [9.17, 15) is 18.0 Å². The van der Waals surface area contributed by atoms with Gasteiger partial charge < -0.3 is 10.2 Å². The van der Waals surface area contributed by atoms with E-state index in [4.69, 9.17) is 0 Å². The SMILES string of the molecule is CS(=O)(=O)CC1CCN(C(=O)CNC(=O)c2ccccc2)CC1. The van der Waals surface area contributed by atoms with Crippen LogP contribution in [0, 0.1) is 5.92 Å². The molecule has 1 N–H and O–H groups in total. The van der Waals surface area contributed by atoms with Crippen LogP contribution in [-0.2, 0) is 14.6 Å². The maximum absolute atomic E-state index is 12.1. The number of carbonyl (C=O) groups is 2. The van der Waals surface area contributed by atoms with Crippen LogP contribution in [-0.4, -0.2) is 56.8 Å². The minimum atomic E-state index is -2.97. The van der Waals surface area contributed by atoms with Crippen LogP contribution in [0.3, 0.4) is 0 Å². The Morgan fingerprint density at radius 1 is 1.17 bits per heavy atom. The van der Waals surface area contributed by atoms with Crippen molar-refractivity contribution in [3.8, 4) is 0 Å². The number of carbonyl (C=O) groups excluding carboxylic acids is 2. The first kappa shape index (κ1) is 17.5. The van der Waals surface area contributed by atoms with Gasteiger partial charge in [-0.25, -0.2) is 8.42 Å². The highest BCUT2D eigenvalue weighted by Crippen LogP contribution is 2.18. The van der Waals surface area contributed by atoms with E-state index in [2.05, 4.69) is 5.32 Å². The Morgan fingerprint density at radius 3 is 2.35 bits per heavy atom. The fourth-order valence-electron chi connectivity index (χ4n) is 2.74. The minimum absolute atomic E-state index is 0.0372. The van der Waals surface area contributed by atoms with Crippen molar-refractivity contribution in [1.29, 1.82) is 0 Å². The average molecular weight is 338 g/mol. The van der Waals surface area contributed by atoms with Gasteiger partial charge in [0.1, 0.15) is 9.84 Å². The first-order valence-corrected chi connectivity index (χ1v) is 9.70. The van der Waals surface area contributed by atoms with Crippen molar-refractivity contribution < 1.29 is 18.0 Å². The highest BCUT2D eigenvalue weighted by atomic mass is 32.2. The summed E-state index contributed by atoms with van der Waals surface area (Å²) < 4.78 is 22.6. The molecule has 6 nitrogen and oxygen atoms in total. The number of hydrogen-bond donors (Lipinski definition) is 1. The molecule has 1 aromatic rings. The summed E-state index contributed by atoms with van der Waals surface area (Å²) in [4.78, 5) is 25.7. The van der Waals surface area contributed by atoms with Crippen molar-refractivity contribution in [2.24, 2.45) is 5.92 Å². The number of piperidine rings is 1. The number of hydrogen-bond acceptors (Lipinski definition) is 4. The molecule has 1 aliphatic rings. The molecule has 1 saturated heterocycles. The molecule has 1 fully saturated rings. The maximum Gasteiger partial charge on any atom is 0.251 e. The lowest BCUT2D eigenvalue weighted by Crippen LogP contribution is -2.44. The van der Waals surface area contributed by atoms with Crippen LogP contribution in [0.1, 0.15) is 23.2 Å². The number of rotatable bonds is 5. The predicted octanol–water partition coefficient (Wildman–Crippen LogP) is 0.700. The fourth-order valence-corrected chi connectivity index (χ4v) is 3.93. The molecule has 0 atom stereocenters. The predicted molar refractivity (Wildman–Crippen MR) is 87.8 cm³/mol. The summed E-state index contributed by atoms with van der Waals surface area (Å²) in [6.07, 6.45) is 2.61. The van der Waals surface area contributed by atoms with Crippen molar-refractivity contribution in [3.63, 3.8) is 0 Å². The number of sulfone groups is 1. The van der Waals surface area contributed by atoms with Gasteiger partial charge in [0.05, 0.1) is 12.3 Å². The molecule has 7 heteroatoms. The maximum atomic E-state index is 12.1. The summed E-state index contributed by atoms with van der Waals surface area (Å²) >= 11 is 0. The van der Waals surface area contributed by atoms with Crippen molar-refractivity contribution in [2.45, 2.75) is 12.8 Å². The lowest BCUT2D eigenvalue weighted by molar-refractivity contribution is -0.131. The van der Waals surface area contributed by atoms with E-state index in [0.29, 0.717) is 31.5 Å². The molecule has 23 heavy (non-hydrogen) atoms. The molecule has 126 valence electrons. The molecular weight excluding hydrogens is 316 g/mol. The normalized spacial score (nSPS) is 16.1. The van der Waals surface area contributed by atoms with Crippen LogP contribution < -0.4 is 5.32 Å². The monoisotopic (exact) mass is 338 g/mol. The van der Waals surface area contributed by atoms with Gasteiger partial charge in [-0.05, 0) is 30.9 Å². The van der Waals surface area contributed by atoms with Gasteiger partial charge in [-0.2, -0.15) is 0 Å². The van der Waals surface area contributed by atoms with Crippen LogP contribution >= 0.6 is 0 Å². The van der Waals surface area contributed by atoms with E-state index < -0.39 is 9.84 Å². The summed E-state index contributed by atoms with van der Waals surface area (Å²) in [7, 11) is -2.97. The summed E-state index contributed by atoms with van der Waals surface area (Å²) in [6, 6.07) is 8.74. The Labute approximate surface area is 136 Å². The van der Waals surface area contributed by atoms with Crippen LogP contribution in [0.25, 0.3) is 0 Å². The summed E-state index contributed by atoms with van der Waals surface area (Å²) in [5.41, 5.74) is 0.521. The molecule has 0 saturated carbocycles. The Balaban J connectivity index is 1.76. The number of likely N-dealkylation sites (tertiary alicyclic amines) is 1. The lowest BCUT2D eigenvalue weighted by atomic mass is 9.99. The van der Waals surface area contributed by atoms with Gasteiger partial charge >= 0.3 is 0 Å². The second-order valence-electron chi connectivity index (χ2n) is 5.97. The Morgan fingerprint density at radius 2 is 1.78 bits per heavy atom. The molecule has 2 amide bonds. The van der Waals surface area contributed by atoms with Crippen LogP contribution in [0.5, 0.6) is 0 Å². The Bertz CT molecular complexity index is 650. The minimum Gasteiger partial charge on any atom is -0.343 e. The standard InChI is InChI=1S/C16H22N2O4S/c1-23(21,22)12-13-7-9-18(10-8-13)15(19)11-17-16(20)14-5-3-2-4-6-14/h2-6,13H,7-12H2,1H3,(H,17,20). The molecule has 0 spiro atoms. The third-order valence-electron chi connectivity index (χ3n) is 3.94. The van der Waals surface area contributed by atoms with Gasteiger partial charge in [-0.3, -0.25) is 9.59 Å². The molecule has 0 radical (unpaired) electrons. The zero-order valence-electron chi connectivity index (χ0n) is 13.2. The largest absolute Gasteiger partial charge is 0.343 e. The lowest BCUT2D eigenvalue weighted by Gasteiger charge is -2.31. The highest BCUT2D eigenvalue weighted by Gasteiger charge is 2.25. The fraction of sp³-hybridized carbons (Fsp3) is 0.500. The van der Waals surface area contributed by atoms with Gasteiger partial charge in [0.25, 0.3) is 5.91 Å². The Hall–Kier alpha value is -1.89. The molecule has 0 bridgehead atoms. The first-order chi connectivity index (χ1) is 10.8. The number of nitrogens with one attached hydrogen (secondary N) is 1. The molecule has 1 aromatic carbocycles. The molecular formula is C16H22N2O4S. The molecule has 1 heterocycles. The van der Waals surface area contributed by atoms with Crippen molar-refractivity contribution >= 4 is 21.7 Å². The van der Waals surface area contributed by atoms with Gasteiger partial charge in [0, 0.05) is 24.9 Å². The summed E-state index contributed by atoms with van der Waals surface area (Å²) in [6.45, 7) is 1.05. The number of benzene rings is 1. The third kappa shape index (κ3) is 5.67. The highest BCUT2D eigenvalue weighted by molar-refractivity contribution is 7.90. The van der Waals surface area contributed by atoms with E-state index in [-0.39, 0.29) is 30.0 Å². The zero-order chi connectivity index (χ0) is 16.9. The quantitative estimate of drug-likeness (QED) is 0.857. The molecule has 0 unspecified atom stereocenters. The van der Waals surface area contributed by atoms with E-state index in [0.717, 1.165) is 0 Å². The van der Waals surface area contributed by atoms with Crippen LogP contribution in [0.4, 0.5) is 0 Å². The van der Waals surface area contributed by atoms with E-state index in [1.54, 1.807) is 29.2 Å². The van der Waals surface area contributed by atoms with Gasteiger partial charge in [-0.15, -0.1) is 0 Å². The van der Waals surface area contributed by atoms with Crippen LogP contribution in [0.15, 0.2) is 30.3 Å². The Kier molecular flexibility index (Phi) is 5.76. The van der Waals surface area contributed by atoms with E-state index >= 15 is 0 Å². The third-order valence-corrected chi connectivity index (χ3v) is 5.02. The summed E-state index contributed by atoms with van der Waals surface area (Å²) in [5, 5.41) is 2.62. The van der Waals surface area contributed by atoms with E-state index in [1.807, 2.05) is 6.07 Å². The number of amides is 2. The number of nitrogens with zero attached hydrogens (tertiary/aromatic N) is 1. The van der Waals surface area contributed by atoms with Crippen LogP contribution in [0.2, 0.25) is 0 Å². The second-order valence-corrected chi connectivity index (χ2v) is 8.15. The van der Waals surface area contributed by atoms with Gasteiger partial charge in [0.2, 0.25) is 5.91 Å². The van der Waals surface area contributed by atoms with Crippen molar-refractivity contribution in [3.05, 3.63) is 35.9 Å². The molecule has 1 aliphatic heterocycles. The topological polar surface area (TPSA) is 83.6 Å². The van der Waals surface area contributed by atoms with Crippen molar-refractivity contribution in [1.82, 2.24) is 10.2 Å². The molecule has 0 aliphatic carbocycles. The van der Waals surface area contributed by atoms with E-state index in [1.165, 1.54) is 6.26 Å².